The summed E-state index contributed by atoms with van der Waals surface area (Å²) in [7, 11) is 0. The van der Waals surface area contributed by atoms with E-state index in [-0.39, 0.29) is 0 Å². The highest BCUT2D eigenvalue weighted by atomic mass is 35.5. The zero-order valence-corrected chi connectivity index (χ0v) is 11.0. The van der Waals surface area contributed by atoms with Crippen LogP contribution in [0.3, 0.4) is 0 Å². The largest absolute Gasteiger partial charge is 0.416 e. The molecule has 1 heterocycles. The number of halogens is 4. The van der Waals surface area contributed by atoms with Gasteiger partial charge in [0.15, 0.2) is 5.15 Å². The van der Waals surface area contributed by atoms with E-state index >= 15 is 0 Å². The van der Waals surface area contributed by atoms with Crippen LogP contribution >= 0.6 is 11.6 Å². The summed E-state index contributed by atoms with van der Waals surface area (Å²) in [6.07, 6.45) is -4.34. The Balaban J connectivity index is 2.46. The lowest BCUT2D eigenvalue weighted by Gasteiger charge is -2.10. The van der Waals surface area contributed by atoms with Gasteiger partial charge in [-0.15, -0.1) is 10.2 Å². The molecule has 0 saturated carbocycles. The number of nitrogens with zero attached hydrogens (tertiary/aromatic N) is 2. The van der Waals surface area contributed by atoms with Crippen molar-refractivity contribution in [2.24, 2.45) is 0 Å². The third kappa shape index (κ3) is 2.71. The highest BCUT2D eigenvalue weighted by molar-refractivity contribution is 6.30. The van der Waals surface area contributed by atoms with Gasteiger partial charge in [0.25, 0.3) is 0 Å². The smallest absolute Gasteiger partial charge is 0.166 e. The fourth-order valence-electron chi connectivity index (χ4n) is 1.67. The zero-order valence-electron chi connectivity index (χ0n) is 10.2. The van der Waals surface area contributed by atoms with E-state index in [1.807, 2.05) is 6.92 Å². The molecule has 0 radical (unpaired) electrons. The first-order chi connectivity index (χ1) is 8.80. The molecule has 0 saturated heterocycles. The number of benzene rings is 1. The molecule has 1 aromatic carbocycles. The molecule has 19 heavy (non-hydrogen) atoms. The molecular formula is C13H10ClF3N2. The van der Waals surface area contributed by atoms with Crippen LogP contribution in [0.2, 0.25) is 5.15 Å². The summed E-state index contributed by atoms with van der Waals surface area (Å²) in [6, 6.07) is 4.82. The Morgan fingerprint density at radius 2 is 1.53 bits per heavy atom. The van der Waals surface area contributed by atoms with E-state index < -0.39 is 11.7 Å². The maximum absolute atomic E-state index is 12.5. The first-order valence-electron chi connectivity index (χ1n) is 5.47. The minimum absolute atomic E-state index is 0.299. The number of alkyl halides is 3. The first-order valence-corrected chi connectivity index (χ1v) is 5.85. The Morgan fingerprint density at radius 3 is 2.05 bits per heavy atom. The van der Waals surface area contributed by atoms with Crippen molar-refractivity contribution in [2.75, 3.05) is 0 Å². The molecule has 0 unspecified atom stereocenters. The van der Waals surface area contributed by atoms with Gasteiger partial charge >= 0.3 is 6.18 Å². The van der Waals surface area contributed by atoms with Crippen molar-refractivity contribution in [2.45, 2.75) is 20.0 Å². The van der Waals surface area contributed by atoms with E-state index in [9.17, 15) is 13.2 Å². The van der Waals surface area contributed by atoms with Crippen LogP contribution in [0.25, 0.3) is 11.3 Å². The van der Waals surface area contributed by atoms with Crippen molar-refractivity contribution >= 4 is 11.6 Å². The van der Waals surface area contributed by atoms with Crippen LogP contribution in [-0.4, -0.2) is 10.2 Å². The molecule has 2 rings (SSSR count). The summed E-state index contributed by atoms with van der Waals surface area (Å²) < 4.78 is 37.4. The second-order valence-electron chi connectivity index (χ2n) is 4.16. The van der Waals surface area contributed by atoms with Crippen LogP contribution < -0.4 is 0 Å². The van der Waals surface area contributed by atoms with E-state index in [1.165, 1.54) is 12.1 Å². The molecule has 0 atom stereocenters. The Labute approximate surface area is 113 Å². The van der Waals surface area contributed by atoms with Gasteiger partial charge in [-0.3, -0.25) is 0 Å². The molecule has 6 heteroatoms. The summed E-state index contributed by atoms with van der Waals surface area (Å²) >= 11 is 5.84. The number of aromatic nitrogens is 2. The number of hydrogen-bond donors (Lipinski definition) is 0. The van der Waals surface area contributed by atoms with Crippen molar-refractivity contribution in [3.63, 3.8) is 0 Å². The van der Waals surface area contributed by atoms with E-state index in [1.54, 1.807) is 6.92 Å². The highest BCUT2D eigenvalue weighted by Gasteiger charge is 2.30. The molecule has 2 aromatic rings. The van der Waals surface area contributed by atoms with Crippen LogP contribution in [0, 0.1) is 13.8 Å². The molecule has 0 N–H and O–H groups in total. The molecule has 0 aliphatic heterocycles. The minimum Gasteiger partial charge on any atom is -0.166 e. The predicted octanol–water partition coefficient (Wildman–Crippen LogP) is 4.43. The second kappa shape index (κ2) is 4.81. The van der Waals surface area contributed by atoms with Crippen molar-refractivity contribution in [1.29, 1.82) is 0 Å². The quantitative estimate of drug-likeness (QED) is 0.775. The molecule has 2 nitrogen and oxygen atoms in total. The molecule has 0 aliphatic rings. The van der Waals surface area contributed by atoms with E-state index in [0.29, 0.717) is 16.4 Å². The fourth-order valence-corrected chi connectivity index (χ4v) is 1.85. The number of hydrogen-bond acceptors (Lipinski definition) is 2. The molecule has 0 amide bonds. The molecule has 0 bridgehead atoms. The Hall–Kier alpha value is -1.62. The number of rotatable bonds is 1. The van der Waals surface area contributed by atoms with Gasteiger partial charge in [-0.05, 0) is 37.1 Å². The fraction of sp³-hybridized carbons (Fsp3) is 0.231. The van der Waals surface area contributed by atoms with Gasteiger partial charge in [0, 0.05) is 5.56 Å². The predicted molar refractivity (Wildman–Crippen MR) is 67.0 cm³/mol. The van der Waals surface area contributed by atoms with Gasteiger partial charge in [0.1, 0.15) is 0 Å². The van der Waals surface area contributed by atoms with Crippen LogP contribution in [0.5, 0.6) is 0 Å². The summed E-state index contributed by atoms with van der Waals surface area (Å²) in [4.78, 5) is 0. The maximum atomic E-state index is 12.5. The molecule has 100 valence electrons. The zero-order chi connectivity index (χ0) is 14.2. The third-order valence-electron chi connectivity index (χ3n) is 2.95. The minimum atomic E-state index is -4.34. The monoisotopic (exact) mass is 286 g/mol. The topological polar surface area (TPSA) is 25.8 Å². The van der Waals surface area contributed by atoms with Gasteiger partial charge in [-0.1, -0.05) is 23.7 Å². The van der Waals surface area contributed by atoms with Crippen molar-refractivity contribution in [3.8, 4) is 11.3 Å². The molecular weight excluding hydrogens is 277 g/mol. The van der Waals surface area contributed by atoms with Crippen LogP contribution in [0.4, 0.5) is 13.2 Å². The van der Waals surface area contributed by atoms with Crippen molar-refractivity contribution in [3.05, 3.63) is 46.1 Å². The van der Waals surface area contributed by atoms with Gasteiger partial charge in [-0.25, -0.2) is 0 Å². The van der Waals surface area contributed by atoms with Gasteiger partial charge in [-0.2, -0.15) is 13.2 Å². The summed E-state index contributed by atoms with van der Waals surface area (Å²) in [5, 5.41) is 8.02. The molecule has 0 fully saturated rings. The summed E-state index contributed by atoms with van der Waals surface area (Å²) in [5.41, 5.74) is 2.01. The standard InChI is InChI=1S/C13H10ClF3N2/c1-7-8(2)12(14)19-18-11(7)9-3-5-10(6-4-9)13(15,16)17/h3-6H,1-2H3. The molecule has 0 aliphatic carbocycles. The van der Waals surface area contributed by atoms with Crippen LogP contribution in [-0.2, 0) is 6.18 Å². The van der Waals surface area contributed by atoms with Crippen LogP contribution in [0.1, 0.15) is 16.7 Å². The van der Waals surface area contributed by atoms with E-state index in [2.05, 4.69) is 10.2 Å². The van der Waals surface area contributed by atoms with Crippen LogP contribution in [0.15, 0.2) is 24.3 Å². The maximum Gasteiger partial charge on any atom is 0.416 e. The van der Waals surface area contributed by atoms with Gasteiger partial charge in [0.05, 0.1) is 11.3 Å². The van der Waals surface area contributed by atoms with E-state index in [4.69, 9.17) is 11.6 Å². The summed E-state index contributed by atoms with van der Waals surface area (Å²) in [5.74, 6) is 0. The lowest BCUT2D eigenvalue weighted by atomic mass is 10.0. The molecule has 1 aromatic heterocycles. The lowest BCUT2D eigenvalue weighted by molar-refractivity contribution is -0.137. The normalized spacial score (nSPS) is 11.7. The van der Waals surface area contributed by atoms with E-state index in [0.717, 1.165) is 23.3 Å². The highest BCUT2D eigenvalue weighted by Crippen LogP contribution is 2.31. The third-order valence-corrected chi connectivity index (χ3v) is 3.31. The Morgan fingerprint density at radius 1 is 0.947 bits per heavy atom. The molecule has 0 spiro atoms. The average Bonchev–Trinajstić information content (AvgIpc) is 2.35. The average molecular weight is 287 g/mol. The summed E-state index contributed by atoms with van der Waals surface area (Å²) in [6.45, 7) is 3.60. The lowest BCUT2D eigenvalue weighted by Crippen LogP contribution is -2.04. The van der Waals surface area contributed by atoms with Crippen molar-refractivity contribution in [1.82, 2.24) is 10.2 Å². The second-order valence-corrected chi connectivity index (χ2v) is 4.52. The van der Waals surface area contributed by atoms with Crippen molar-refractivity contribution < 1.29 is 13.2 Å². The van der Waals surface area contributed by atoms with Gasteiger partial charge in [0.2, 0.25) is 0 Å². The first kappa shape index (κ1) is 13.8. The Kier molecular flexibility index (Phi) is 3.49. The Bertz CT molecular complexity index is 607. The van der Waals surface area contributed by atoms with Gasteiger partial charge < -0.3 is 0 Å². The SMILES string of the molecule is Cc1c(Cl)nnc(-c2ccc(C(F)(F)F)cc2)c1C.